The van der Waals surface area contributed by atoms with E-state index >= 15 is 0 Å². The number of nitrogens with zero attached hydrogens (tertiary/aromatic N) is 3. The van der Waals surface area contributed by atoms with E-state index in [1.54, 1.807) is 0 Å². The van der Waals surface area contributed by atoms with Crippen LogP contribution >= 0.6 is 0 Å². The number of nitrogens with two attached hydrogens (primary N) is 1. The SMILES string of the molecule is Cn1ccnc1CCn1cc2c(c1)C(N)CCC2. The molecular weight excluding hydrogens is 224 g/mol. The fourth-order valence-corrected chi connectivity index (χ4v) is 2.78. The molecule has 0 aromatic carbocycles. The smallest absolute Gasteiger partial charge is 0.110 e. The van der Waals surface area contributed by atoms with Crippen molar-refractivity contribution < 1.29 is 0 Å². The highest BCUT2D eigenvalue weighted by Crippen LogP contribution is 2.28. The lowest BCUT2D eigenvalue weighted by molar-refractivity contribution is 0.573. The molecule has 1 aliphatic rings. The summed E-state index contributed by atoms with van der Waals surface area (Å²) in [5.41, 5.74) is 8.93. The van der Waals surface area contributed by atoms with Gasteiger partial charge in [0.15, 0.2) is 0 Å². The highest BCUT2D eigenvalue weighted by Gasteiger charge is 2.18. The zero-order valence-electron chi connectivity index (χ0n) is 10.8. The normalized spacial score (nSPS) is 18.9. The minimum Gasteiger partial charge on any atom is -0.353 e. The van der Waals surface area contributed by atoms with Crippen LogP contribution in [-0.2, 0) is 26.4 Å². The molecule has 0 bridgehead atoms. The summed E-state index contributed by atoms with van der Waals surface area (Å²) in [5.74, 6) is 1.13. The molecule has 0 spiro atoms. The van der Waals surface area contributed by atoms with Gasteiger partial charge in [0.1, 0.15) is 5.82 Å². The number of imidazole rings is 1. The van der Waals surface area contributed by atoms with Gasteiger partial charge in [-0.1, -0.05) is 0 Å². The second kappa shape index (κ2) is 4.61. The molecule has 4 heteroatoms. The maximum Gasteiger partial charge on any atom is 0.110 e. The summed E-state index contributed by atoms with van der Waals surface area (Å²) in [5, 5.41) is 0. The topological polar surface area (TPSA) is 48.8 Å². The third-order valence-electron chi connectivity index (χ3n) is 3.87. The molecule has 2 aromatic rings. The third kappa shape index (κ3) is 2.08. The number of hydrogen-bond donors (Lipinski definition) is 1. The summed E-state index contributed by atoms with van der Waals surface area (Å²) < 4.78 is 4.35. The molecule has 1 unspecified atom stereocenters. The van der Waals surface area contributed by atoms with Crippen molar-refractivity contribution in [3.63, 3.8) is 0 Å². The van der Waals surface area contributed by atoms with Crippen molar-refractivity contribution in [2.75, 3.05) is 0 Å². The Balaban J connectivity index is 1.72. The molecule has 2 aromatic heterocycles. The van der Waals surface area contributed by atoms with E-state index in [4.69, 9.17) is 5.73 Å². The molecule has 2 heterocycles. The van der Waals surface area contributed by atoms with Gasteiger partial charge in [-0.3, -0.25) is 0 Å². The van der Waals surface area contributed by atoms with Crippen LogP contribution in [0, 0.1) is 0 Å². The fraction of sp³-hybridized carbons (Fsp3) is 0.500. The van der Waals surface area contributed by atoms with Crippen molar-refractivity contribution in [2.24, 2.45) is 12.8 Å². The zero-order chi connectivity index (χ0) is 12.5. The predicted octanol–water partition coefficient (Wildman–Crippen LogP) is 1.80. The van der Waals surface area contributed by atoms with E-state index in [0.29, 0.717) is 0 Å². The molecule has 3 rings (SSSR count). The molecule has 18 heavy (non-hydrogen) atoms. The molecule has 0 amide bonds. The van der Waals surface area contributed by atoms with E-state index in [1.165, 1.54) is 24.0 Å². The summed E-state index contributed by atoms with van der Waals surface area (Å²) in [6.45, 7) is 0.977. The first-order valence-electron chi connectivity index (χ1n) is 6.64. The van der Waals surface area contributed by atoms with Crippen molar-refractivity contribution >= 4 is 0 Å². The Morgan fingerprint density at radius 3 is 3.06 bits per heavy atom. The summed E-state index contributed by atoms with van der Waals surface area (Å²) in [4.78, 5) is 4.35. The van der Waals surface area contributed by atoms with Crippen LogP contribution < -0.4 is 5.73 Å². The minimum atomic E-state index is 0.239. The van der Waals surface area contributed by atoms with Gasteiger partial charge in [-0.2, -0.15) is 0 Å². The van der Waals surface area contributed by atoms with E-state index in [-0.39, 0.29) is 6.04 Å². The average Bonchev–Trinajstić information content (AvgIpc) is 2.93. The van der Waals surface area contributed by atoms with Gasteiger partial charge < -0.3 is 14.9 Å². The lowest BCUT2D eigenvalue weighted by Crippen LogP contribution is -2.15. The van der Waals surface area contributed by atoms with Crippen molar-refractivity contribution in [2.45, 2.75) is 38.3 Å². The molecule has 1 atom stereocenters. The number of aryl methyl sites for hydroxylation is 4. The van der Waals surface area contributed by atoms with Crippen LogP contribution in [0.15, 0.2) is 24.8 Å². The molecule has 96 valence electrons. The first kappa shape index (κ1) is 11.5. The summed E-state index contributed by atoms with van der Waals surface area (Å²) in [6.07, 6.45) is 12.8. The largest absolute Gasteiger partial charge is 0.353 e. The highest BCUT2D eigenvalue weighted by molar-refractivity contribution is 5.29. The Bertz CT molecular complexity index is 538. The summed E-state index contributed by atoms with van der Waals surface area (Å²) in [7, 11) is 2.04. The van der Waals surface area contributed by atoms with Crippen LogP contribution in [-0.4, -0.2) is 14.1 Å². The Morgan fingerprint density at radius 2 is 2.33 bits per heavy atom. The van der Waals surface area contributed by atoms with Crippen LogP contribution in [0.2, 0.25) is 0 Å². The molecule has 0 fully saturated rings. The van der Waals surface area contributed by atoms with Crippen LogP contribution in [0.3, 0.4) is 0 Å². The number of hydrogen-bond acceptors (Lipinski definition) is 2. The minimum absolute atomic E-state index is 0.239. The monoisotopic (exact) mass is 244 g/mol. The van der Waals surface area contributed by atoms with Gasteiger partial charge in [-0.05, 0) is 30.4 Å². The Hall–Kier alpha value is -1.55. The second-order valence-electron chi connectivity index (χ2n) is 5.18. The van der Waals surface area contributed by atoms with Crippen LogP contribution in [0.1, 0.15) is 35.8 Å². The van der Waals surface area contributed by atoms with Crippen molar-refractivity contribution in [1.29, 1.82) is 0 Å². The average molecular weight is 244 g/mol. The fourth-order valence-electron chi connectivity index (χ4n) is 2.78. The van der Waals surface area contributed by atoms with Gasteiger partial charge >= 0.3 is 0 Å². The zero-order valence-corrected chi connectivity index (χ0v) is 10.8. The highest BCUT2D eigenvalue weighted by atomic mass is 15.0. The molecule has 0 aliphatic heterocycles. The number of aromatic nitrogens is 3. The van der Waals surface area contributed by atoms with Gasteiger partial charge in [0.05, 0.1) is 0 Å². The molecule has 0 saturated heterocycles. The van der Waals surface area contributed by atoms with E-state index in [9.17, 15) is 0 Å². The maximum atomic E-state index is 6.14. The predicted molar refractivity (Wildman–Crippen MR) is 71.2 cm³/mol. The maximum absolute atomic E-state index is 6.14. The molecule has 0 radical (unpaired) electrons. The lowest BCUT2D eigenvalue weighted by Gasteiger charge is -2.17. The van der Waals surface area contributed by atoms with Crippen molar-refractivity contribution in [1.82, 2.24) is 14.1 Å². The van der Waals surface area contributed by atoms with Crippen LogP contribution in [0.5, 0.6) is 0 Å². The Morgan fingerprint density at radius 1 is 1.44 bits per heavy atom. The molecular formula is C14H20N4. The summed E-state index contributed by atoms with van der Waals surface area (Å²) in [6, 6.07) is 0.239. The van der Waals surface area contributed by atoms with Crippen LogP contribution in [0.25, 0.3) is 0 Å². The van der Waals surface area contributed by atoms with Crippen LogP contribution in [0.4, 0.5) is 0 Å². The first-order valence-corrected chi connectivity index (χ1v) is 6.64. The Labute approximate surface area is 107 Å². The third-order valence-corrected chi connectivity index (χ3v) is 3.87. The van der Waals surface area contributed by atoms with E-state index in [2.05, 4.69) is 26.5 Å². The second-order valence-corrected chi connectivity index (χ2v) is 5.18. The number of fused-ring (bicyclic) bond motifs is 1. The van der Waals surface area contributed by atoms with E-state index in [1.807, 2.05) is 19.4 Å². The molecule has 2 N–H and O–H groups in total. The lowest BCUT2D eigenvalue weighted by atomic mass is 9.92. The standard InChI is InChI=1S/C14H20N4/c1-17-8-6-16-14(17)5-7-18-9-11-3-2-4-13(15)12(11)10-18/h6,8-10,13H,2-5,7,15H2,1H3. The van der Waals surface area contributed by atoms with Crippen molar-refractivity contribution in [3.05, 3.63) is 41.7 Å². The van der Waals surface area contributed by atoms with E-state index in [0.717, 1.165) is 25.2 Å². The quantitative estimate of drug-likeness (QED) is 0.895. The van der Waals surface area contributed by atoms with Gasteiger partial charge in [0.25, 0.3) is 0 Å². The molecule has 4 nitrogen and oxygen atoms in total. The molecule has 0 saturated carbocycles. The van der Waals surface area contributed by atoms with Gasteiger partial charge in [0, 0.05) is 50.8 Å². The van der Waals surface area contributed by atoms with Crippen molar-refractivity contribution in [3.8, 4) is 0 Å². The summed E-state index contributed by atoms with van der Waals surface area (Å²) >= 11 is 0. The van der Waals surface area contributed by atoms with Gasteiger partial charge in [-0.15, -0.1) is 0 Å². The first-order chi connectivity index (χ1) is 8.74. The number of rotatable bonds is 3. The molecule has 1 aliphatic carbocycles. The Kier molecular flexibility index (Phi) is 2.96. The van der Waals surface area contributed by atoms with Gasteiger partial charge in [-0.25, -0.2) is 4.98 Å². The van der Waals surface area contributed by atoms with Gasteiger partial charge in [0.2, 0.25) is 0 Å². The van der Waals surface area contributed by atoms with E-state index < -0.39 is 0 Å².